The summed E-state index contributed by atoms with van der Waals surface area (Å²) in [4.78, 5) is 17.2. The third kappa shape index (κ3) is 5.10. The number of piperazine rings is 1. The lowest BCUT2D eigenvalue weighted by atomic mass is 9.93. The molecule has 50 heavy (non-hydrogen) atoms. The summed E-state index contributed by atoms with van der Waals surface area (Å²) in [7, 11) is 1.28. The van der Waals surface area contributed by atoms with Gasteiger partial charge >= 0.3 is 6.01 Å². The molecule has 4 aliphatic rings. The number of hydrogen-bond donors (Lipinski definition) is 2. The van der Waals surface area contributed by atoms with Crippen molar-refractivity contribution in [1.29, 1.82) is 0 Å². The molecule has 4 aliphatic heterocycles. The molecule has 0 saturated carbocycles. The van der Waals surface area contributed by atoms with Crippen LogP contribution >= 0.6 is 0 Å². The average Bonchev–Trinajstić information content (AvgIpc) is 3.80. The van der Waals surface area contributed by atoms with E-state index in [9.17, 15) is 13.9 Å². The highest BCUT2D eigenvalue weighted by molar-refractivity contribution is 6.04. The number of fused-ring (bicyclic) bond motifs is 5. The molecule has 2 N–H and O–H groups in total. The fourth-order valence-corrected chi connectivity index (χ4v) is 8.31. The van der Waals surface area contributed by atoms with Crippen LogP contribution in [-0.2, 0) is 0 Å². The van der Waals surface area contributed by atoms with Crippen LogP contribution in [0.1, 0.15) is 57.7 Å². The first kappa shape index (κ1) is 27.1. The van der Waals surface area contributed by atoms with Gasteiger partial charge in [-0.05, 0) is 68.6 Å². The Morgan fingerprint density at radius 3 is 2.86 bits per heavy atom. The van der Waals surface area contributed by atoms with Crippen molar-refractivity contribution in [3.05, 3.63) is 53.1 Å². The molecular formula is C37H36F4N6O3. The molecule has 0 unspecified atom stereocenters. The minimum absolute atomic E-state index is 0.0150. The summed E-state index contributed by atoms with van der Waals surface area (Å²) in [6, 6.07) is 4.36. The van der Waals surface area contributed by atoms with Gasteiger partial charge in [-0.15, -0.1) is 6.42 Å². The van der Waals surface area contributed by atoms with Gasteiger partial charge in [0.2, 0.25) is 5.88 Å². The molecule has 6 heterocycles. The smallest absolute Gasteiger partial charge is 0.319 e. The van der Waals surface area contributed by atoms with Crippen LogP contribution in [0.2, 0.25) is 0 Å². The number of phenols is 1. The zero-order chi connectivity index (χ0) is 39.2. The lowest BCUT2D eigenvalue weighted by molar-refractivity contribution is 0.108. The van der Waals surface area contributed by atoms with Gasteiger partial charge in [0.05, 0.1) is 18.2 Å². The van der Waals surface area contributed by atoms with Gasteiger partial charge in [-0.2, -0.15) is 18.7 Å². The summed E-state index contributed by atoms with van der Waals surface area (Å²) in [5.41, 5.74) is -3.34. The van der Waals surface area contributed by atoms with Gasteiger partial charge in [-0.25, -0.2) is 13.8 Å². The highest BCUT2D eigenvalue weighted by Crippen LogP contribution is 2.45. The van der Waals surface area contributed by atoms with E-state index >= 15 is 8.78 Å². The Morgan fingerprint density at radius 2 is 2.08 bits per heavy atom. The number of halogens is 4. The first-order valence-electron chi connectivity index (χ1n) is 18.8. The van der Waals surface area contributed by atoms with E-state index in [4.69, 9.17) is 27.7 Å². The molecule has 0 amide bonds. The molecule has 2 aromatic heterocycles. The number of anilines is 1. The van der Waals surface area contributed by atoms with E-state index in [-0.39, 0.29) is 102 Å². The number of terminal acetylenes is 1. The Kier molecular flexibility index (Phi) is 6.50. The van der Waals surface area contributed by atoms with Crippen molar-refractivity contribution in [2.24, 2.45) is 0 Å². The normalized spacial score (nSPS) is 26.6. The second-order valence-electron chi connectivity index (χ2n) is 13.5. The molecule has 0 spiro atoms. The van der Waals surface area contributed by atoms with Crippen molar-refractivity contribution >= 4 is 27.5 Å². The number of nitrogens with zero attached hydrogens (tertiary/aromatic N) is 5. The maximum absolute atomic E-state index is 17.3. The predicted molar refractivity (Wildman–Crippen MR) is 181 cm³/mol. The molecule has 8 rings (SSSR count). The molecule has 0 radical (unpaired) electrons. The second kappa shape index (κ2) is 12.0. The standard InChI is InChI=1S/C37H36F4N6O3/c1-4-24-26(38)8-7-20-13-23(48)14-25(27(20)24)30-29(39)31-28(34(42-30)49-3)33(46-17-22-9-11-36(5-2,18-46)45-22)44-35(43-31)50-19-37-10-6-12-47(37)16-21(15-37)32(40)41/h1,7-8,13-14,22,45,48H,5-6,9-12,15-19H2,2-3H3/t22-,36+,37-/m0/s1/i2D3,5D2. The number of phenolic OH excluding ortho intramolecular Hbond substituents is 1. The second-order valence-corrected chi connectivity index (χ2v) is 13.5. The van der Waals surface area contributed by atoms with Crippen LogP contribution in [0.3, 0.4) is 0 Å². The van der Waals surface area contributed by atoms with Crippen molar-refractivity contribution in [3.63, 3.8) is 0 Å². The molecule has 4 saturated heterocycles. The SMILES string of the molecule is [2H]C([2H])([2H])C([2H])([2H])[C@@]12CC[C@@H](CN(c3nc(OC[C@@]45CCCN4CC(=C(F)F)C5)nc4c(F)c(-c5cc(O)cc6ccc(F)c(C#C)c56)nc(OC)c34)C1)N2. The zero-order valence-electron chi connectivity index (χ0n) is 32.0. The van der Waals surface area contributed by atoms with Gasteiger partial charge in [-0.1, -0.05) is 18.8 Å². The van der Waals surface area contributed by atoms with E-state index in [0.717, 1.165) is 12.5 Å². The van der Waals surface area contributed by atoms with Gasteiger partial charge in [-0.3, -0.25) is 4.90 Å². The Labute approximate surface area is 293 Å². The fraction of sp³-hybridized carbons (Fsp3) is 0.432. The number of pyridine rings is 1. The zero-order valence-corrected chi connectivity index (χ0v) is 27.0. The van der Waals surface area contributed by atoms with Crippen LogP contribution in [0.4, 0.5) is 23.4 Å². The van der Waals surface area contributed by atoms with Crippen LogP contribution in [0.25, 0.3) is 32.9 Å². The number of aromatic nitrogens is 3. The van der Waals surface area contributed by atoms with Crippen LogP contribution in [-0.4, -0.2) is 82.0 Å². The molecule has 13 heteroatoms. The number of benzene rings is 2. The first-order chi connectivity index (χ1) is 26.0. The molecule has 4 fully saturated rings. The number of aromatic hydroxyl groups is 1. The number of methoxy groups -OCH3 is 1. The molecular weight excluding hydrogens is 652 g/mol. The lowest BCUT2D eigenvalue weighted by Crippen LogP contribution is -2.59. The third-order valence-electron chi connectivity index (χ3n) is 10.6. The van der Waals surface area contributed by atoms with E-state index in [2.05, 4.69) is 21.2 Å². The molecule has 3 atom stereocenters. The van der Waals surface area contributed by atoms with E-state index in [0.29, 0.717) is 24.8 Å². The number of rotatable bonds is 7. The molecule has 260 valence electrons. The van der Waals surface area contributed by atoms with Gasteiger partial charge in [0.25, 0.3) is 6.08 Å². The van der Waals surface area contributed by atoms with Crippen molar-refractivity contribution < 1.29 is 39.0 Å². The quantitative estimate of drug-likeness (QED) is 0.171. The number of hydrogen-bond acceptors (Lipinski definition) is 9. The fourth-order valence-electron chi connectivity index (χ4n) is 8.31. The summed E-state index contributed by atoms with van der Waals surface area (Å²) >= 11 is 0. The Morgan fingerprint density at radius 1 is 1.22 bits per heavy atom. The van der Waals surface area contributed by atoms with Crippen molar-refractivity contribution in [3.8, 4) is 41.2 Å². The summed E-state index contributed by atoms with van der Waals surface area (Å²) < 4.78 is 114. The number of nitrogens with one attached hydrogen (secondary N) is 1. The van der Waals surface area contributed by atoms with Crippen LogP contribution in [0, 0.1) is 24.0 Å². The van der Waals surface area contributed by atoms with Crippen molar-refractivity contribution in [2.75, 3.05) is 44.8 Å². The minimum Gasteiger partial charge on any atom is -0.508 e. The minimum atomic E-state index is -3.00. The van der Waals surface area contributed by atoms with E-state index in [1.165, 1.54) is 25.3 Å². The molecule has 2 aromatic carbocycles. The monoisotopic (exact) mass is 693 g/mol. The summed E-state index contributed by atoms with van der Waals surface area (Å²) in [5.74, 6) is 0.0517. The van der Waals surface area contributed by atoms with Gasteiger partial charge in [0.15, 0.2) is 5.82 Å². The Bertz CT molecular complexity index is 2340. The van der Waals surface area contributed by atoms with E-state index < -0.39 is 47.7 Å². The topological polar surface area (TPSA) is 95.9 Å². The summed E-state index contributed by atoms with van der Waals surface area (Å²) in [6.45, 7) is -2.43. The lowest BCUT2D eigenvalue weighted by Gasteiger charge is -2.42. The average molecular weight is 694 g/mol. The predicted octanol–water partition coefficient (Wildman–Crippen LogP) is 6.31. The largest absolute Gasteiger partial charge is 0.508 e. The summed E-state index contributed by atoms with van der Waals surface area (Å²) in [6.07, 6.45) is 3.29. The van der Waals surface area contributed by atoms with Crippen molar-refractivity contribution in [2.45, 2.75) is 62.4 Å². The Hall–Kier alpha value is -4.67. The van der Waals surface area contributed by atoms with Gasteiger partial charge < -0.3 is 24.8 Å². The van der Waals surface area contributed by atoms with Crippen molar-refractivity contribution in [1.82, 2.24) is 25.2 Å². The highest BCUT2D eigenvalue weighted by Gasteiger charge is 2.49. The third-order valence-corrected chi connectivity index (χ3v) is 10.6. The van der Waals surface area contributed by atoms with E-state index in [1.807, 2.05) is 4.90 Å². The first-order valence-corrected chi connectivity index (χ1v) is 16.3. The van der Waals surface area contributed by atoms with Gasteiger partial charge in [0, 0.05) is 54.6 Å². The van der Waals surface area contributed by atoms with Crippen LogP contribution in [0.5, 0.6) is 17.6 Å². The summed E-state index contributed by atoms with van der Waals surface area (Å²) in [5, 5.41) is 14.3. The highest BCUT2D eigenvalue weighted by atomic mass is 19.3. The maximum Gasteiger partial charge on any atom is 0.319 e. The van der Waals surface area contributed by atoms with Crippen LogP contribution < -0.4 is 19.7 Å². The van der Waals surface area contributed by atoms with Crippen LogP contribution in [0.15, 0.2) is 35.9 Å². The molecule has 4 aromatic rings. The van der Waals surface area contributed by atoms with E-state index in [1.54, 1.807) is 4.90 Å². The number of ether oxygens (including phenoxy) is 2. The molecule has 0 aliphatic carbocycles. The maximum atomic E-state index is 17.3. The Balaban J connectivity index is 1.33. The molecule has 2 bridgehead atoms. The molecule has 9 nitrogen and oxygen atoms in total. The van der Waals surface area contributed by atoms with Gasteiger partial charge in [0.1, 0.15) is 40.6 Å².